The molecule has 1 aromatic rings. The highest BCUT2D eigenvalue weighted by molar-refractivity contribution is 5.75. The van der Waals surface area contributed by atoms with Crippen molar-refractivity contribution in [2.75, 3.05) is 13.2 Å². The molecule has 0 amide bonds. The molecule has 0 saturated heterocycles. The van der Waals surface area contributed by atoms with Gasteiger partial charge >= 0.3 is 5.97 Å². The first-order valence-electron chi connectivity index (χ1n) is 6.81. The van der Waals surface area contributed by atoms with Gasteiger partial charge in [-0.25, -0.2) is 0 Å². The van der Waals surface area contributed by atoms with Crippen molar-refractivity contribution in [3.63, 3.8) is 0 Å². The predicted molar refractivity (Wildman–Crippen MR) is 74.9 cm³/mol. The summed E-state index contributed by atoms with van der Waals surface area (Å²) in [7, 11) is 0. The van der Waals surface area contributed by atoms with Crippen LogP contribution in [0.1, 0.15) is 37.8 Å². The van der Waals surface area contributed by atoms with Crippen molar-refractivity contribution in [2.24, 2.45) is 5.92 Å². The Morgan fingerprint density at radius 1 is 1.26 bits per heavy atom. The topological polar surface area (TPSA) is 69.6 Å². The van der Waals surface area contributed by atoms with Crippen molar-refractivity contribution in [2.45, 2.75) is 32.2 Å². The fraction of sp³-hybridized carbons (Fsp3) is 0.533. The number of carboxylic acid groups (broad SMARTS) is 1. The summed E-state index contributed by atoms with van der Waals surface area (Å²) < 4.78 is 0. The SMILES string of the molecule is CCCC(CCO)CNC(C(=O)O)c1ccccc1. The smallest absolute Gasteiger partial charge is 0.325 e. The van der Waals surface area contributed by atoms with E-state index in [1.54, 1.807) is 0 Å². The summed E-state index contributed by atoms with van der Waals surface area (Å²) in [6.45, 7) is 2.85. The van der Waals surface area contributed by atoms with Gasteiger partial charge in [0.2, 0.25) is 0 Å². The van der Waals surface area contributed by atoms with Gasteiger partial charge in [-0.15, -0.1) is 0 Å². The van der Waals surface area contributed by atoms with Gasteiger partial charge in [-0.1, -0.05) is 43.7 Å². The second kappa shape index (κ2) is 8.67. The Morgan fingerprint density at radius 3 is 2.47 bits per heavy atom. The molecule has 0 saturated carbocycles. The highest BCUT2D eigenvalue weighted by Crippen LogP contribution is 2.15. The third kappa shape index (κ3) is 5.41. The Morgan fingerprint density at radius 2 is 1.95 bits per heavy atom. The van der Waals surface area contributed by atoms with Crippen molar-refractivity contribution >= 4 is 5.97 Å². The largest absolute Gasteiger partial charge is 0.480 e. The first kappa shape index (κ1) is 15.7. The van der Waals surface area contributed by atoms with Crippen LogP contribution >= 0.6 is 0 Å². The van der Waals surface area contributed by atoms with E-state index in [4.69, 9.17) is 5.11 Å². The number of aliphatic hydroxyl groups excluding tert-OH is 1. The molecule has 0 aliphatic rings. The van der Waals surface area contributed by atoms with E-state index in [-0.39, 0.29) is 6.61 Å². The molecule has 106 valence electrons. The lowest BCUT2D eigenvalue weighted by Crippen LogP contribution is -2.32. The lowest BCUT2D eigenvalue weighted by molar-refractivity contribution is -0.139. The molecule has 1 rings (SSSR count). The van der Waals surface area contributed by atoms with Crippen molar-refractivity contribution in [3.05, 3.63) is 35.9 Å². The van der Waals surface area contributed by atoms with Gasteiger partial charge < -0.3 is 15.5 Å². The quantitative estimate of drug-likeness (QED) is 0.640. The molecule has 4 nitrogen and oxygen atoms in total. The van der Waals surface area contributed by atoms with E-state index in [0.29, 0.717) is 18.9 Å². The minimum atomic E-state index is -0.870. The number of nitrogens with one attached hydrogen (secondary N) is 1. The van der Waals surface area contributed by atoms with E-state index in [0.717, 1.165) is 18.4 Å². The lowest BCUT2D eigenvalue weighted by atomic mass is 9.99. The molecular weight excluding hydrogens is 242 g/mol. The second-order valence-corrected chi connectivity index (χ2v) is 4.76. The summed E-state index contributed by atoms with van der Waals surface area (Å²) >= 11 is 0. The Kier molecular flexibility index (Phi) is 7.15. The molecule has 0 aromatic heterocycles. The maximum Gasteiger partial charge on any atom is 0.325 e. The van der Waals surface area contributed by atoms with E-state index >= 15 is 0 Å². The molecular formula is C15H23NO3. The average molecular weight is 265 g/mol. The normalized spacial score (nSPS) is 14.0. The number of hydrogen-bond acceptors (Lipinski definition) is 3. The third-order valence-electron chi connectivity index (χ3n) is 3.22. The second-order valence-electron chi connectivity index (χ2n) is 4.76. The van der Waals surface area contributed by atoms with E-state index in [9.17, 15) is 9.90 Å². The van der Waals surface area contributed by atoms with Crippen molar-refractivity contribution in [1.29, 1.82) is 0 Å². The number of rotatable bonds is 9. The van der Waals surface area contributed by atoms with Gasteiger partial charge in [0.05, 0.1) is 0 Å². The molecule has 0 bridgehead atoms. The zero-order chi connectivity index (χ0) is 14.1. The van der Waals surface area contributed by atoms with Crippen LogP contribution in [0.2, 0.25) is 0 Å². The van der Waals surface area contributed by atoms with Crippen LogP contribution in [0.4, 0.5) is 0 Å². The first-order chi connectivity index (χ1) is 9.19. The summed E-state index contributed by atoms with van der Waals surface area (Å²) in [5.41, 5.74) is 0.759. The summed E-state index contributed by atoms with van der Waals surface area (Å²) in [4.78, 5) is 11.3. The Labute approximate surface area is 114 Å². The van der Waals surface area contributed by atoms with Crippen molar-refractivity contribution in [1.82, 2.24) is 5.32 Å². The van der Waals surface area contributed by atoms with Crippen LogP contribution in [0, 0.1) is 5.92 Å². The fourth-order valence-corrected chi connectivity index (χ4v) is 2.22. The maximum absolute atomic E-state index is 11.3. The van der Waals surface area contributed by atoms with Crippen LogP contribution in [-0.2, 0) is 4.79 Å². The van der Waals surface area contributed by atoms with Crippen LogP contribution in [0.5, 0.6) is 0 Å². The average Bonchev–Trinajstić information content (AvgIpc) is 2.40. The molecule has 0 spiro atoms. The molecule has 0 fully saturated rings. The van der Waals surface area contributed by atoms with E-state index in [1.807, 2.05) is 30.3 Å². The van der Waals surface area contributed by atoms with Crippen LogP contribution in [0.3, 0.4) is 0 Å². The minimum absolute atomic E-state index is 0.148. The van der Waals surface area contributed by atoms with Crippen LogP contribution in [0.15, 0.2) is 30.3 Å². The monoisotopic (exact) mass is 265 g/mol. The summed E-state index contributed by atoms with van der Waals surface area (Å²) in [6, 6.07) is 8.49. The maximum atomic E-state index is 11.3. The van der Waals surface area contributed by atoms with Gasteiger partial charge in [0.25, 0.3) is 0 Å². The van der Waals surface area contributed by atoms with Crippen LogP contribution < -0.4 is 5.32 Å². The Hall–Kier alpha value is -1.39. The number of benzene rings is 1. The predicted octanol–water partition coefficient (Wildman–Crippen LogP) is 2.20. The van der Waals surface area contributed by atoms with Gasteiger partial charge in [0.1, 0.15) is 6.04 Å². The first-order valence-corrected chi connectivity index (χ1v) is 6.81. The summed E-state index contributed by atoms with van der Waals surface area (Å²) in [6.07, 6.45) is 2.74. The Bertz CT molecular complexity index is 361. The standard InChI is InChI=1S/C15H23NO3/c1-2-6-12(9-10-17)11-16-14(15(18)19)13-7-4-3-5-8-13/h3-5,7-8,12,14,16-17H,2,6,9-11H2,1H3,(H,18,19). The summed E-state index contributed by atoms with van der Waals surface area (Å²) in [5.74, 6) is -0.550. The van der Waals surface area contributed by atoms with E-state index in [2.05, 4.69) is 12.2 Å². The molecule has 0 aliphatic carbocycles. The van der Waals surface area contributed by atoms with Gasteiger partial charge in [0, 0.05) is 6.61 Å². The molecule has 2 atom stereocenters. The van der Waals surface area contributed by atoms with Gasteiger partial charge in [-0.3, -0.25) is 4.79 Å². The Balaban J connectivity index is 2.61. The molecule has 4 heteroatoms. The lowest BCUT2D eigenvalue weighted by Gasteiger charge is -2.20. The number of aliphatic carboxylic acids is 1. The van der Waals surface area contributed by atoms with E-state index < -0.39 is 12.0 Å². The van der Waals surface area contributed by atoms with Crippen LogP contribution in [0.25, 0.3) is 0 Å². The highest BCUT2D eigenvalue weighted by atomic mass is 16.4. The molecule has 0 radical (unpaired) electrons. The zero-order valence-electron chi connectivity index (χ0n) is 11.4. The molecule has 0 heterocycles. The summed E-state index contributed by atoms with van der Waals surface area (Å²) in [5, 5.41) is 21.4. The minimum Gasteiger partial charge on any atom is -0.480 e. The number of aliphatic hydroxyl groups is 1. The van der Waals surface area contributed by atoms with Crippen molar-refractivity contribution in [3.8, 4) is 0 Å². The molecule has 1 aromatic carbocycles. The highest BCUT2D eigenvalue weighted by Gasteiger charge is 2.20. The van der Waals surface area contributed by atoms with Crippen LogP contribution in [-0.4, -0.2) is 29.3 Å². The molecule has 3 N–H and O–H groups in total. The van der Waals surface area contributed by atoms with E-state index in [1.165, 1.54) is 0 Å². The molecule has 2 unspecified atom stereocenters. The van der Waals surface area contributed by atoms with Gasteiger partial charge in [-0.2, -0.15) is 0 Å². The molecule has 19 heavy (non-hydrogen) atoms. The zero-order valence-corrected chi connectivity index (χ0v) is 11.4. The van der Waals surface area contributed by atoms with Crippen molar-refractivity contribution < 1.29 is 15.0 Å². The third-order valence-corrected chi connectivity index (χ3v) is 3.22. The van der Waals surface area contributed by atoms with Gasteiger partial charge in [0.15, 0.2) is 0 Å². The fourth-order valence-electron chi connectivity index (χ4n) is 2.22. The number of hydrogen-bond donors (Lipinski definition) is 3. The number of carboxylic acids is 1. The molecule has 0 aliphatic heterocycles. The number of carbonyl (C=O) groups is 1. The van der Waals surface area contributed by atoms with Gasteiger partial charge in [-0.05, 0) is 30.9 Å².